The zero-order valence-corrected chi connectivity index (χ0v) is 10.9. The summed E-state index contributed by atoms with van der Waals surface area (Å²) in [5.74, 6) is -0.479. The highest BCUT2D eigenvalue weighted by Crippen LogP contribution is 2.10. The maximum atomic E-state index is 13.0. The molecular weight excluding hydrogens is 247 g/mol. The minimum atomic E-state index is -0.422. The number of nitrogens with zero attached hydrogens (tertiary/aromatic N) is 1. The Kier molecular flexibility index (Phi) is 4.14. The van der Waals surface area contributed by atoms with Gasteiger partial charge in [0.25, 0.3) is 0 Å². The maximum Gasteiger partial charge on any atom is 0.242 e. The molecule has 1 aliphatic rings. The van der Waals surface area contributed by atoms with Crippen LogP contribution in [-0.4, -0.2) is 35.8 Å². The van der Waals surface area contributed by atoms with Gasteiger partial charge in [0.05, 0.1) is 0 Å². The van der Waals surface area contributed by atoms with Crippen molar-refractivity contribution in [1.82, 2.24) is 10.2 Å². The molecule has 1 aliphatic heterocycles. The quantitative estimate of drug-likeness (QED) is 0.889. The third-order valence-electron chi connectivity index (χ3n) is 3.34. The van der Waals surface area contributed by atoms with Gasteiger partial charge in [-0.1, -0.05) is 12.1 Å². The summed E-state index contributed by atoms with van der Waals surface area (Å²) in [5, 5.41) is 2.72. The topological polar surface area (TPSA) is 49.4 Å². The molecule has 0 radical (unpaired) electrons. The number of carbonyl (C=O) groups excluding carboxylic acids is 2. The number of piperazine rings is 1. The summed E-state index contributed by atoms with van der Waals surface area (Å²) < 4.78 is 13.0. The van der Waals surface area contributed by atoms with Crippen molar-refractivity contribution in [3.8, 4) is 0 Å². The van der Waals surface area contributed by atoms with E-state index in [1.54, 1.807) is 24.0 Å². The summed E-state index contributed by atoms with van der Waals surface area (Å²) in [5.41, 5.74) is 0.794. The first-order valence-electron chi connectivity index (χ1n) is 6.39. The summed E-state index contributed by atoms with van der Waals surface area (Å²) in [6.45, 7) is 2.75. The van der Waals surface area contributed by atoms with E-state index in [9.17, 15) is 14.0 Å². The van der Waals surface area contributed by atoms with Crippen molar-refractivity contribution < 1.29 is 14.0 Å². The first-order chi connectivity index (χ1) is 9.08. The van der Waals surface area contributed by atoms with Crippen LogP contribution in [0.15, 0.2) is 24.3 Å². The smallest absolute Gasteiger partial charge is 0.242 e. The Morgan fingerprint density at radius 1 is 1.53 bits per heavy atom. The van der Waals surface area contributed by atoms with E-state index in [1.165, 1.54) is 12.1 Å². The maximum absolute atomic E-state index is 13.0. The van der Waals surface area contributed by atoms with Crippen LogP contribution in [0.3, 0.4) is 0 Å². The Labute approximate surface area is 111 Å². The van der Waals surface area contributed by atoms with Gasteiger partial charge < -0.3 is 10.2 Å². The number of nitrogens with one attached hydrogen (secondary N) is 1. The molecule has 2 amide bonds. The van der Waals surface area contributed by atoms with Gasteiger partial charge in [-0.3, -0.25) is 9.59 Å². The summed E-state index contributed by atoms with van der Waals surface area (Å²) in [6.07, 6.45) is 0.780. The molecule has 1 fully saturated rings. The normalized spacial score (nSPS) is 19.2. The molecule has 102 valence electrons. The van der Waals surface area contributed by atoms with Crippen LogP contribution < -0.4 is 5.32 Å². The number of aryl methyl sites for hydroxylation is 1. The van der Waals surface area contributed by atoms with Gasteiger partial charge in [-0.05, 0) is 31.0 Å². The van der Waals surface area contributed by atoms with Gasteiger partial charge >= 0.3 is 0 Å². The zero-order valence-electron chi connectivity index (χ0n) is 10.9. The molecule has 0 bridgehead atoms. The van der Waals surface area contributed by atoms with Crippen molar-refractivity contribution in [3.63, 3.8) is 0 Å². The molecule has 1 atom stereocenters. The predicted molar refractivity (Wildman–Crippen MR) is 68.9 cm³/mol. The fourth-order valence-electron chi connectivity index (χ4n) is 2.21. The Balaban J connectivity index is 1.92. The van der Waals surface area contributed by atoms with Crippen molar-refractivity contribution in [3.05, 3.63) is 35.6 Å². The van der Waals surface area contributed by atoms with E-state index in [-0.39, 0.29) is 17.6 Å². The van der Waals surface area contributed by atoms with E-state index >= 15 is 0 Å². The van der Waals surface area contributed by atoms with Crippen molar-refractivity contribution in [2.45, 2.75) is 25.8 Å². The first kappa shape index (κ1) is 13.5. The molecule has 1 saturated heterocycles. The molecular formula is C14H17FN2O2. The summed E-state index contributed by atoms with van der Waals surface area (Å²) in [6, 6.07) is 5.81. The number of hydrogen-bond acceptors (Lipinski definition) is 2. The molecule has 1 aromatic rings. The Bertz CT molecular complexity index is 490. The monoisotopic (exact) mass is 264 g/mol. The minimum Gasteiger partial charge on any atom is -0.353 e. The van der Waals surface area contributed by atoms with E-state index in [4.69, 9.17) is 0 Å². The number of halogens is 1. The summed E-state index contributed by atoms with van der Waals surface area (Å²) in [4.78, 5) is 25.1. The Hall–Kier alpha value is -1.91. The zero-order chi connectivity index (χ0) is 13.8. The summed E-state index contributed by atoms with van der Waals surface area (Å²) >= 11 is 0. The second-order valence-corrected chi connectivity index (χ2v) is 4.68. The van der Waals surface area contributed by atoms with E-state index in [0.717, 1.165) is 5.56 Å². The molecule has 5 heteroatoms. The van der Waals surface area contributed by atoms with Gasteiger partial charge in [0.2, 0.25) is 11.8 Å². The van der Waals surface area contributed by atoms with Gasteiger partial charge in [0.1, 0.15) is 11.9 Å². The lowest BCUT2D eigenvalue weighted by atomic mass is 10.1. The number of carbonyl (C=O) groups is 2. The fraction of sp³-hybridized carbons (Fsp3) is 0.429. The van der Waals surface area contributed by atoms with Crippen molar-refractivity contribution in [1.29, 1.82) is 0 Å². The molecule has 1 aromatic carbocycles. The Morgan fingerprint density at radius 3 is 3.05 bits per heavy atom. The van der Waals surface area contributed by atoms with Crippen molar-refractivity contribution in [2.24, 2.45) is 0 Å². The molecule has 1 heterocycles. The van der Waals surface area contributed by atoms with Crippen LogP contribution in [0.2, 0.25) is 0 Å². The average Bonchev–Trinajstić information content (AvgIpc) is 2.39. The molecule has 1 N–H and O–H groups in total. The molecule has 0 spiro atoms. The number of rotatable bonds is 3. The van der Waals surface area contributed by atoms with Gasteiger partial charge in [0.15, 0.2) is 0 Å². The van der Waals surface area contributed by atoms with Gasteiger partial charge in [-0.25, -0.2) is 4.39 Å². The number of hydrogen-bond donors (Lipinski definition) is 1. The molecule has 0 saturated carbocycles. The Morgan fingerprint density at radius 2 is 2.32 bits per heavy atom. The number of benzene rings is 1. The van der Waals surface area contributed by atoms with Crippen LogP contribution in [0.25, 0.3) is 0 Å². The lowest BCUT2D eigenvalue weighted by Gasteiger charge is -2.32. The summed E-state index contributed by atoms with van der Waals surface area (Å²) in [7, 11) is 0. The molecule has 1 unspecified atom stereocenters. The second kappa shape index (κ2) is 5.82. The first-order valence-corrected chi connectivity index (χ1v) is 6.39. The third kappa shape index (κ3) is 3.30. The van der Waals surface area contributed by atoms with Crippen LogP contribution in [0.4, 0.5) is 4.39 Å². The fourth-order valence-corrected chi connectivity index (χ4v) is 2.21. The van der Waals surface area contributed by atoms with E-state index in [0.29, 0.717) is 25.9 Å². The van der Waals surface area contributed by atoms with E-state index in [1.807, 2.05) is 0 Å². The van der Waals surface area contributed by atoms with E-state index in [2.05, 4.69) is 5.32 Å². The predicted octanol–water partition coefficient (Wildman–Crippen LogP) is 1.11. The van der Waals surface area contributed by atoms with Gasteiger partial charge in [-0.2, -0.15) is 0 Å². The van der Waals surface area contributed by atoms with Crippen LogP contribution in [0.5, 0.6) is 0 Å². The van der Waals surface area contributed by atoms with Crippen LogP contribution in [0.1, 0.15) is 18.9 Å². The highest BCUT2D eigenvalue weighted by Gasteiger charge is 2.28. The molecule has 0 aromatic heterocycles. The lowest BCUT2D eigenvalue weighted by Crippen LogP contribution is -2.55. The van der Waals surface area contributed by atoms with Crippen LogP contribution >= 0.6 is 0 Å². The third-order valence-corrected chi connectivity index (χ3v) is 3.34. The standard InChI is InChI=1S/C14H17FN2O2/c1-10-14(19)16-7-8-17(10)13(18)6-5-11-3-2-4-12(15)9-11/h2-4,9-10H,5-8H2,1H3,(H,16,19). The van der Waals surface area contributed by atoms with E-state index < -0.39 is 6.04 Å². The number of amides is 2. The van der Waals surface area contributed by atoms with Crippen molar-refractivity contribution >= 4 is 11.8 Å². The average molecular weight is 264 g/mol. The molecule has 0 aliphatic carbocycles. The largest absolute Gasteiger partial charge is 0.353 e. The second-order valence-electron chi connectivity index (χ2n) is 4.68. The van der Waals surface area contributed by atoms with Gasteiger partial charge in [-0.15, -0.1) is 0 Å². The van der Waals surface area contributed by atoms with Crippen molar-refractivity contribution in [2.75, 3.05) is 13.1 Å². The SMILES string of the molecule is CC1C(=O)NCCN1C(=O)CCc1cccc(F)c1. The molecule has 2 rings (SSSR count). The van der Waals surface area contributed by atoms with Crippen LogP contribution in [0, 0.1) is 5.82 Å². The highest BCUT2D eigenvalue weighted by molar-refractivity contribution is 5.88. The lowest BCUT2D eigenvalue weighted by molar-refractivity contribution is -0.142. The molecule has 19 heavy (non-hydrogen) atoms. The molecule has 4 nitrogen and oxygen atoms in total. The minimum absolute atomic E-state index is 0.0633. The highest BCUT2D eigenvalue weighted by atomic mass is 19.1. The van der Waals surface area contributed by atoms with Crippen LogP contribution in [-0.2, 0) is 16.0 Å². The van der Waals surface area contributed by atoms with Gasteiger partial charge in [0, 0.05) is 19.5 Å².